The summed E-state index contributed by atoms with van der Waals surface area (Å²) in [6.45, 7) is 8.71. The molecule has 112 valence electrons. The van der Waals surface area contributed by atoms with Crippen molar-refractivity contribution in [2.75, 3.05) is 31.5 Å². The maximum absolute atomic E-state index is 6.02. The average Bonchev–Trinajstić information content (AvgIpc) is 2.47. The number of rotatable bonds is 7. The number of hydrogen-bond acceptors (Lipinski definition) is 4. The summed E-state index contributed by atoms with van der Waals surface area (Å²) in [5, 5.41) is 3.83. The Morgan fingerprint density at radius 2 is 1.90 bits per heavy atom. The Morgan fingerprint density at radius 3 is 2.65 bits per heavy atom. The fourth-order valence-electron chi connectivity index (χ4n) is 2.76. The Bertz CT molecular complexity index is 432. The summed E-state index contributed by atoms with van der Waals surface area (Å²) in [7, 11) is 0. The highest BCUT2D eigenvalue weighted by Crippen LogP contribution is 2.26. The van der Waals surface area contributed by atoms with Crippen molar-refractivity contribution in [3.63, 3.8) is 0 Å². The van der Waals surface area contributed by atoms with E-state index < -0.39 is 0 Å². The van der Waals surface area contributed by atoms with Crippen LogP contribution in [0.2, 0.25) is 5.28 Å². The lowest BCUT2D eigenvalue weighted by Gasteiger charge is -2.20. The van der Waals surface area contributed by atoms with Crippen molar-refractivity contribution < 1.29 is 0 Å². The van der Waals surface area contributed by atoms with Gasteiger partial charge in [-0.2, -0.15) is 0 Å². The van der Waals surface area contributed by atoms with E-state index in [4.69, 9.17) is 11.6 Å². The zero-order valence-electron chi connectivity index (χ0n) is 12.6. The first-order chi connectivity index (χ1) is 9.74. The fourth-order valence-corrected chi connectivity index (χ4v) is 2.95. The van der Waals surface area contributed by atoms with Crippen LogP contribution in [0.5, 0.6) is 0 Å². The lowest BCUT2D eigenvalue weighted by molar-refractivity contribution is 0.303. The van der Waals surface area contributed by atoms with E-state index in [0.717, 1.165) is 57.0 Å². The molecule has 4 nitrogen and oxygen atoms in total. The largest absolute Gasteiger partial charge is 0.370 e. The van der Waals surface area contributed by atoms with Crippen molar-refractivity contribution in [3.8, 4) is 0 Å². The van der Waals surface area contributed by atoms with Gasteiger partial charge in [0.25, 0.3) is 0 Å². The maximum atomic E-state index is 6.02. The molecule has 5 heteroatoms. The van der Waals surface area contributed by atoms with Crippen LogP contribution in [0, 0.1) is 0 Å². The normalized spacial score (nSPS) is 14.4. The number of anilines is 1. The number of aryl methyl sites for hydroxylation is 1. The van der Waals surface area contributed by atoms with Crippen LogP contribution in [-0.2, 0) is 12.8 Å². The third-order valence-electron chi connectivity index (χ3n) is 3.99. The Kier molecular flexibility index (Phi) is 6.05. The quantitative estimate of drug-likeness (QED) is 0.620. The molecule has 0 fully saturated rings. The lowest BCUT2D eigenvalue weighted by atomic mass is 9.96. The Hall–Kier alpha value is -0.870. The van der Waals surface area contributed by atoms with Gasteiger partial charge in [0.2, 0.25) is 5.28 Å². The van der Waals surface area contributed by atoms with E-state index in [0.29, 0.717) is 5.28 Å². The summed E-state index contributed by atoms with van der Waals surface area (Å²) >= 11 is 6.02. The molecule has 1 N–H and O–H groups in total. The van der Waals surface area contributed by atoms with Gasteiger partial charge >= 0.3 is 0 Å². The smallest absolute Gasteiger partial charge is 0.224 e. The van der Waals surface area contributed by atoms with Gasteiger partial charge in [0.15, 0.2) is 0 Å². The van der Waals surface area contributed by atoms with Crippen LogP contribution in [0.3, 0.4) is 0 Å². The molecule has 0 saturated heterocycles. The van der Waals surface area contributed by atoms with Gasteiger partial charge in [0, 0.05) is 12.1 Å². The molecule has 0 bridgehead atoms. The van der Waals surface area contributed by atoms with Gasteiger partial charge in [0.1, 0.15) is 5.82 Å². The van der Waals surface area contributed by atoms with Gasteiger partial charge in [-0.05, 0) is 63.3 Å². The SMILES string of the molecule is CCN(CC)CCCNc1nc(Cl)nc2c1CCCC2. The standard InChI is InChI=1S/C15H25ClN4/c1-3-20(4-2)11-7-10-17-14-12-8-5-6-9-13(12)18-15(16)19-14/h3-11H2,1-2H3,(H,17,18,19). The van der Waals surface area contributed by atoms with Gasteiger partial charge in [-0.15, -0.1) is 0 Å². The summed E-state index contributed by atoms with van der Waals surface area (Å²) in [6, 6.07) is 0. The highest BCUT2D eigenvalue weighted by Gasteiger charge is 2.16. The van der Waals surface area contributed by atoms with Crippen molar-refractivity contribution in [2.24, 2.45) is 0 Å². The summed E-state index contributed by atoms with van der Waals surface area (Å²) in [6.07, 6.45) is 5.67. The summed E-state index contributed by atoms with van der Waals surface area (Å²) < 4.78 is 0. The molecule has 0 amide bonds. The van der Waals surface area contributed by atoms with E-state index in [2.05, 4.69) is 34.0 Å². The molecule has 0 aliphatic heterocycles. The lowest BCUT2D eigenvalue weighted by Crippen LogP contribution is -2.25. The number of hydrogen-bond donors (Lipinski definition) is 1. The topological polar surface area (TPSA) is 41.0 Å². The van der Waals surface area contributed by atoms with E-state index in [1.54, 1.807) is 0 Å². The molecule has 1 aliphatic rings. The Labute approximate surface area is 126 Å². The van der Waals surface area contributed by atoms with Crippen LogP contribution in [0.25, 0.3) is 0 Å². The first-order valence-electron chi connectivity index (χ1n) is 7.76. The van der Waals surface area contributed by atoms with Crippen LogP contribution < -0.4 is 5.32 Å². The highest BCUT2D eigenvalue weighted by atomic mass is 35.5. The zero-order chi connectivity index (χ0) is 14.4. The molecule has 1 aromatic heterocycles. The molecule has 20 heavy (non-hydrogen) atoms. The fraction of sp³-hybridized carbons (Fsp3) is 0.733. The van der Waals surface area contributed by atoms with Gasteiger partial charge in [-0.3, -0.25) is 0 Å². The zero-order valence-corrected chi connectivity index (χ0v) is 13.3. The second kappa shape index (κ2) is 7.79. The second-order valence-electron chi connectivity index (χ2n) is 5.28. The minimum absolute atomic E-state index is 0.372. The molecule has 1 aromatic rings. The third-order valence-corrected chi connectivity index (χ3v) is 4.16. The van der Waals surface area contributed by atoms with Crippen LogP contribution in [-0.4, -0.2) is 41.0 Å². The number of halogens is 1. The summed E-state index contributed by atoms with van der Waals surface area (Å²) in [5.74, 6) is 0.958. The van der Waals surface area contributed by atoms with Gasteiger partial charge in [0.05, 0.1) is 5.69 Å². The second-order valence-corrected chi connectivity index (χ2v) is 5.62. The van der Waals surface area contributed by atoms with Crippen LogP contribution in [0.15, 0.2) is 0 Å². The van der Waals surface area contributed by atoms with Gasteiger partial charge in [-0.1, -0.05) is 13.8 Å². The number of nitrogens with one attached hydrogen (secondary N) is 1. The minimum Gasteiger partial charge on any atom is -0.370 e. The molecule has 1 aliphatic carbocycles. The summed E-state index contributed by atoms with van der Waals surface area (Å²) in [4.78, 5) is 11.2. The van der Waals surface area contributed by atoms with Crippen LogP contribution >= 0.6 is 11.6 Å². The van der Waals surface area contributed by atoms with Crippen molar-refractivity contribution in [1.82, 2.24) is 14.9 Å². The van der Waals surface area contributed by atoms with Crippen molar-refractivity contribution >= 4 is 17.4 Å². The predicted molar refractivity (Wildman–Crippen MR) is 84.6 cm³/mol. The first-order valence-corrected chi connectivity index (χ1v) is 8.13. The number of fused-ring (bicyclic) bond motifs is 1. The molecular formula is C15H25ClN4. The monoisotopic (exact) mass is 296 g/mol. The van der Waals surface area contributed by atoms with E-state index in [9.17, 15) is 0 Å². The minimum atomic E-state index is 0.372. The molecular weight excluding hydrogens is 272 g/mol. The molecule has 1 heterocycles. The summed E-state index contributed by atoms with van der Waals surface area (Å²) in [5.41, 5.74) is 2.42. The molecule has 0 saturated carbocycles. The van der Waals surface area contributed by atoms with Crippen molar-refractivity contribution in [2.45, 2.75) is 46.0 Å². The van der Waals surface area contributed by atoms with E-state index in [1.807, 2.05) is 0 Å². The maximum Gasteiger partial charge on any atom is 0.224 e. The predicted octanol–water partition coefficient (Wildman–Crippen LogP) is 3.15. The van der Waals surface area contributed by atoms with Gasteiger partial charge in [-0.25, -0.2) is 9.97 Å². The van der Waals surface area contributed by atoms with Gasteiger partial charge < -0.3 is 10.2 Å². The average molecular weight is 297 g/mol. The van der Waals surface area contributed by atoms with E-state index >= 15 is 0 Å². The number of aromatic nitrogens is 2. The molecule has 0 unspecified atom stereocenters. The van der Waals surface area contributed by atoms with Crippen molar-refractivity contribution in [1.29, 1.82) is 0 Å². The Morgan fingerprint density at radius 1 is 1.15 bits per heavy atom. The third kappa shape index (κ3) is 4.06. The van der Waals surface area contributed by atoms with Crippen LogP contribution in [0.4, 0.5) is 5.82 Å². The molecule has 0 atom stereocenters. The van der Waals surface area contributed by atoms with E-state index in [1.165, 1.54) is 18.4 Å². The number of nitrogens with zero attached hydrogens (tertiary/aromatic N) is 3. The Balaban J connectivity index is 1.91. The molecule has 0 spiro atoms. The molecule has 0 radical (unpaired) electrons. The molecule has 0 aromatic carbocycles. The molecule has 2 rings (SSSR count). The highest BCUT2D eigenvalue weighted by molar-refractivity contribution is 6.28. The van der Waals surface area contributed by atoms with E-state index in [-0.39, 0.29) is 0 Å². The van der Waals surface area contributed by atoms with Crippen LogP contribution in [0.1, 0.15) is 44.4 Å². The first kappa shape index (κ1) is 15.5. The van der Waals surface area contributed by atoms with Crippen molar-refractivity contribution in [3.05, 3.63) is 16.5 Å².